The molecule has 2 aliphatic rings. The largest absolute Gasteiger partial charge is 0.491 e. The highest BCUT2D eigenvalue weighted by atomic mass is 32.1. The van der Waals surface area contributed by atoms with Crippen molar-refractivity contribution in [2.75, 3.05) is 19.7 Å². The Morgan fingerprint density at radius 1 is 0.833 bits per heavy atom. The van der Waals surface area contributed by atoms with Gasteiger partial charge in [0.2, 0.25) is 0 Å². The molecule has 1 amide bonds. The summed E-state index contributed by atoms with van der Waals surface area (Å²) >= 11 is 5.87. The van der Waals surface area contributed by atoms with Crippen molar-refractivity contribution in [2.45, 2.75) is 162 Å². The van der Waals surface area contributed by atoms with E-state index in [4.69, 9.17) is 26.4 Å². The lowest BCUT2D eigenvalue weighted by atomic mass is 9.88. The van der Waals surface area contributed by atoms with Crippen LogP contribution in [0.3, 0.4) is 0 Å². The van der Waals surface area contributed by atoms with Crippen LogP contribution in [-0.2, 0) is 27.2 Å². The molecular formula is C45H67N3O5S. The summed E-state index contributed by atoms with van der Waals surface area (Å²) in [6.07, 6.45) is 18.0. The first kappa shape index (κ1) is 43.3. The third kappa shape index (κ3) is 13.4. The number of aryl methyl sites for hydroxylation is 1. The van der Waals surface area contributed by atoms with Gasteiger partial charge in [-0.1, -0.05) is 126 Å². The number of hydrogen-bond acceptors (Lipinski definition) is 7. The average Bonchev–Trinajstić information content (AvgIpc) is 3.14. The van der Waals surface area contributed by atoms with Crippen molar-refractivity contribution in [3.63, 3.8) is 0 Å². The molecule has 1 fully saturated rings. The molecule has 298 valence electrons. The third-order valence-corrected chi connectivity index (χ3v) is 10.8. The van der Waals surface area contributed by atoms with Crippen LogP contribution in [0.5, 0.6) is 5.75 Å². The van der Waals surface area contributed by atoms with Gasteiger partial charge < -0.3 is 19.5 Å². The molecule has 1 N–H and O–H groups in total. The molecule has 2 aromatic carbocycles. The maximum Gasteiger partial charge on any atom is 0.417 e. The number of piperidine rings is 1. The molecule has 1 saturated heterocycles. The van der Waals surface area contributed by atoms with E-state index in [2.05, 4.69) is 47.5 Å². The molecule has 2 aromatic rings. The maximum absolute atomic E-state index is 14.3. The van der Waals surface area contributed by atoms with Crippen LogP contribution in [0.15, 0.2) is 59.8 Å². The zero-order valence-corrected chi connectivity index (χ0v) is 34.7. The van der Waals surface area contributed by atoms with Gasteiger partial charge >= 0.3 is 12.1 Å². The molecular weight excluding hydrogens is 695 g/mol. The van der Waals surface area contributed by atoms with Crippen LogP contribution in [0.2, 0.25) is 0 Å². The monoisotopic (exact) mass is 761 g/mol. The highest BCUT2D eigenvalue weighted by Gasteiger charge is 2.44. The summed E-state index contributed by atoms with van der Waals surface area (Å²) in [4.78, 5) is 32.0. The molecule has 0 bridgehead atoms. The van der Waals surface area contributed by atoms with E-state index >= 15 is 0 Å². The highest BCUT2D eigenvalue weighted by molar-refractivity contribution is 7.80. The summed E-state index contributed by atoms with van der Waals surface area (Å²) in [5.74, 6) is 0.141. The van der Waals surface area contributed by atoms with Gasteiger partial charge in [0.25, 0.3) is 0 Å². The van der Waals surface area contributed by atoms with Gasteiger partial charge in [0.15, 0.2) is 5.11 Å². The number of amides is 1. The average molecular weight is 762 g/mol. The number of carbonyl (C=O) groups excluding carboxylic acids is 2. The van der Waals surface area contributed by atoms with Crippen LogP contribution in [0.4, 0.5) is 4.79 Å². The van der Waals surface area contributed by atoms with E-state index in [9.17, 15) is 9.59 Å². The minimum absolute atomic E-state index is 0.124. The predicted molar refractivity (Wildman–Crippen MR) is 222 cm³/mol. The van der Waals surface area contributed by atoms with Crippen molar-refractivity contribution < 1.29 is 23.8 Å². The number of esters is 1. The summed E-state index contributed by atoms with van der Waals surface area (Å²) < 4.78 is 18.3. The molecule has 1 atom stereocenters. The number of allylic oxidation sites excluding steroid dienone is 1. The second kappa shape index (κ2) is 23.5. The standard InChI is InChI=1S/C45H67N3O5S/c1-6-8-9-10-11-12-13-14-15-16-17-18-22-26-37-27-23-28-39(52-34(3)4)41(37)42-40(43(49)51-7-2)35(5)46-44(54)48(42)45(50)53-38-29-31-47(32-30-38)33-36-24-20-19-21-25-36/h19-21,23-25,27-28,34,38,42H,6-18,22,26,29-33H2,1-5H3,(H,46,54). The Hall–Kier alpha value is -3.43. The minimum atomic E-state index is -0.865. The van der Waals surface area contributed by atoms with Crippen molar-refractivity contribution >= 4 is 29.4 Å². The third-order valence-electron chi connectivity index (χ3n) is 10.5. The molecule has 8 nitrogen and oxygen atoms in total. The SMILES string of the molecule is CCCCCCCCCCCCCCCc1cccc(OC(C)C)c1C1C(C(=O)OCC)=C(C)NC(=S)N1C(=O)OC1CCN(Cc2ccccc2)CC1. The summed E-state index contributed by atoms with van der Waals surface area (Å²) in [6, 6.07) is 15.6. The zero-order valence-electron chi connectivity index (χ0n) is 33.8. The summed E-state index contributed by atoms with van der Waals surface area (Å²) in [5.41, 5.74) is 3.98. The Labute approximate surface area is 331 Å². The Morgan fingerprint density at radius 3 is 2.04 bits per heavy atom. The van der Waals surface area contributed by atoms with Crippen molar-refractivity contribution in [2.24, 2.45) is 0 Å². The zero-order chi connectivity index (χ0) is 38.7. The lowest BCUT2D eigenvalue weighted by Crippen LogP contribution is -2.52. The first-order valence-corrected chi connectivity index (χ1v) is 21.4. The van der Waals surface area contributed by atoms with E-state index in [0.717, 1.165) is 50.0 Å². The molecule has 4 rings (SSSR count). The van der Waals surface area contributed by atoms with E-state index in [-0.39, 0.29) is 23.9 Å². The molecule has 0 aromatic heterocycles. The fourth-order valence-corrected chi connectivity index (χ4v) is 8.04. The van der Waals surface area contributed by atoms with E-state index < -0.39 is 18.1 Å². The first-order valence-electron chi connectivity index (χ1n) is 21.0. The van der Waals surface area contributed by atoms with Crippen LogP contribution in [0, 0.1) is 0 Å². The van der Waals surface area contributed by atoms with Gasteiger partial charge in [0.05, 0.1) is 18.3 Å². The summed E-state index contributed by atoms with van der Waals surface area (Å²) in [5, 5.41) is 3.33. The number of ether oxygens (including phenoxy) is 3. The van der Waals surface area contributed by atoms with Crippen LogP contribution in [0.25, 0.3) is 0 Å². The molecule has 9 heteroatoms. The molecule has 54 heavy (non-hydrogen) atoms. The van der Waals surface area contributed by atoms with Gasteiger partial charge in [0.1, 0.15) is 17.9 Å². The number of likely N-dealkylation sites (tertiary alicyclic amines) is 1. The molecule has 2 aliphatic heterocycles. The van der Waals surface area contributed by atoms with Crippen LogP contribution < -0.4 is 10.1 Å². The van der Waals surface area contributed by atoms with Gasteiger partial charge in [-0.25, -0.2) is 14.5 Å². The summed E-state index contributed by atoms with van der Waals surface area (Å²) in [6.45, 7) is 12.6. The van der Waals surface area contributed by atoms with Crippen LogP contribution >= 0.6 is 12.2 Å². The van der Waals surface area contributed by atoms with Crippen LogP contribution in [0.1, 0.15) is 154 Å². The predicted octanol–water partition coefficient (Wildman–Crippen LogP) is 11.0. The van der Waals surface area contributed by atoms with E-state index in [1.54, 1.807) is 6.92 Å². The number of rotatable bonds is 22. The second-order valence-corrected chi connectivity index (χ2v) is 15.7. The molecule has 0 spiro atoms. The van der Waals surface area contributed by atoms with Crippen molar-refractivity contribution in [1.82, 2.24) is 15.1 Å². The normalized spacial score (nSPS) is 16.8. The van der Waals surface area contributed by atoms with E-state index in [1.807, 2.05) is 39.0 Å². The number of unbranched alkanes of at least 4 members (excludes halogenated alkanes) is 12. The molecule has 0 saturated carbocycles. The Balaban J connectivity index is 1.48. The minimum Gasteiger partial charge on any atom is -0.491 e. The van der Waals surface area contributed by atoms with Crippen LogP contribution in [-0.4, -0.2) is 58.9 Å². The highest BCUT2D eigenvalue weighted by Crippen LogP contribution is 2.42. The lowest BCUT2D eigenvalue weighted by Gasteiger charge is -2.40. The lowest BCUT2D eigenvalue weighted by molar-refractivity contribution is -0.139. The number of benzene rings is 2. The Kier molecular flexibility index (Phi) is 18.8. The fourth-order valence-electron chi connectivity index (χ4n) is 7.71. The summed E-state index contributed by atoms with van der Waals surface area (Å²) in [7, 11) is 0. The number of nitrogens with zero attached hydrogens (tertiary/aromatic N) is 2. The van der Waals surface area contributed by atoms with Gasteiger partial charge in [-0.05, 0) is 82.8 Å². The number of hydrogen-bond donors (Lipinski definition) is 1. The topological polar surface area (TPSA) is 80.3 Å². The Morgan fingerprint density at radius 2 is 1.44 bits per heavy atom. The first-order chi connectivity index (χ1) is 26.2. The number of carbonyl (C=O) groups is 2. The van der Waals surface area contributed by atoms with Crippen molar-refractivity contribution in [3.05, 3.63) is 76.5 Å². The molecule has 0 radical (unpaired) electrons. The second-order valence-electron chi connectivity index (χ2n) is 15.3. The quantitative estimate of drug-likeness (QED) is 0.0722. The number of thiocarbonyl (C=S) groups is 1. The van der Waals surface area contributed by atoms with E-state index in [1.165, 1.54) is 81.1 Å². The van der Waals surface area contributed by atoms with Gasteiger partial charge in [-0.15, -0.1) is 0 Å². The molecule has 2 heterocycles. The van der Waals surface area contributed by atoms with E-state index in [0.29, 0.717) is 29.9 Å². The maximum atomic E-state index is 14.3. The van der Waals surface area contributed by atoms with Gasteiger partial charge in [-0.2, -0.15) is 0 Å². The molecule has 1 unspecified atom stereocenters. The van der Waals surface area contributed by atoms with Gasteiger partial charge in [0, 0.05) is 30.9 Å². The van der Waals surface area contributed by atoms with Gasteiger partial charge in [-0.3, -0.25) is 4.90 Å². The van der Waals surface area contributed by atoms with Crippen molar-refractivity contribution in [3.8, 4) is 5.75 Å². The van der Waals surface area contributed by atoms with Crippen molar-refractivity contribution in [1.29, 1.82) is 0 Å². The smallest absolute Gasteiger partial charge is 0.417 e. The number of nitrogens with one attached hydrogen (secondary N) is 1. The fraction of sp³-hybridized carbons (Fsp3) is 0.622. The Bertz CT molecular complexity index is 1490. The molecule has 0 aliphatic carbocycles.